The van der Waals surface area contributed by atoms with E-state index in [2.05, 4.69) is 16.1 Å². The van der Waals surface area contributed by atoms with Gasteiger partial charge in [0, 0.05) is 12.2 Å². The Morgan fingerprint density at radius 3 is 2.96 bits per heavy atom. The van der Waals surface area contributed by atoms with E-state index in [4.69, 9.17) is 9.94 Å². The average Bonchev–Trinajstić information content (AvgIpc) is 3.00. The average molecular weight is 391 g/mol. The second-order valence-corrected chi connectivity index (χ2v) is 7.38. The smallest absolute Gasteiger partial charge is 0.277 e. The highest BCUT2D eigenvalue weighted by Crippen LogP contribution is 2.44. The molecule has 27 heavy (non-hydrogen) atoms. The van der Waals surface area contributed by atoms with Crippen LogP contribution in [-0.4, -0.2) is 29.6 Å². The van der Waals surface area contributed by atoms with Crippen molar-refractivity contribution < 1.29 is 19.1 Å². The molecule has 1 aromatic rings. The van der Waals surface area contributed by atoms with Crippen molar-refractivity contribution in [3.05, 3.63) is 63.6 Å². The van der Waals surface area contributed by atoms with Crippen molar-refractivity contribution in [1.29, 1.82) is 0 Å². The minimum absolute atomic E-state index is 0.0189. The van der Waals surface area contributed by atoms with Crippen molar-refractivity contribution in [2.75, 3.05) is 18.5 Å². The molecule has 1 aromatic carbocycles. The summed E-state index contributed by atoms with van der Waals surface area (Å²) in [6, 6.07) is 4.90. The summed E-state index contributed by atoms with van der Waals surface area (Å²) in [6.45, 7) is 3.93. The summed E-state index contributed by atoms with van der Waals surface area (Å²) in [4.78, 5) is 17.9. The lowest BCUT2D eigenvalue weighted by atomic mass is 9.99. The van der Waals surface area contributed by atoms with Gasteiger partial charge in [-0.25, -0.2) is 9.87 Å². The molecule has 8 heteroatoms. The fraction of sp³-hybridized carbons (Fsp3) is 0.316. The monoisotopic (exact) mass is 391 g/mol. The number of anilines is 1. The van der Waals surface area contributed by atoms with Crippen molar-refractivity contribution in [3.63, 3.8) is 0 Å². The summed E-state index contributed by atoms with van der Waals surface area (Å²) < 4.78 is 14.3. The number of aliphatic hydroxyl groups excluding tert-OH is 1. The normalized spacial score (nSPS) is 18.4. The van der Waals surface area contributed by atoms with Crippen LogP contribution in [0.3, 0.4) is 0 Å². The molecular formula is C19H22FN3O3S. The maximum absolute atomic E-state index is 14.3. The van der Waals surface area contributed by atoms with Crippen LogP contribution < -0.4 is 16.1 Å². The first-order valence-corrected chi connectivity index (χ1v) is 9.50. The number of hydrogen-bond donors (Lipinski definition) is 4. The zero-order chi connectivity index (χ0) is 19.4. The van der Waals surface area contributed by atoms with Gasteiger partial charge in [-0.2, -0.15) is 0 Å². The Morgan fingerprint density at radius 1 is 1.41 bits per heavy atom. The Bertz CT molecular complexity index is 835. The standard InChI is InChI=1S/C19H22FN3O3S/c1-11-4-5-14(13(20)10-11)22-19-16(17(25)23-26-9-3-8-24)15-12(2)6-7-21-18(15)27-19/h4-7,10,18,21-22,24H,3,8-9H2,1-2H3,(H,23,25). The molecule has 0 radical (unpaired) electrons. The molecule has 2 heterocycles. The number of amides is 1. The molecule has 6 nitrogen and oxygen atoms in total. The second-order valence-electron chi connectivity index (χ2n) is 6.26. The molecule has 0 fully saturated rings. The highest BCUT2D eigenvalue weighted by atomic mass is 32.2. The number of hydroxylamine groups is 1. The lowest BCUT2D eigenvalue weighted by Gasteiger charge is -2.19. The first-order valence-electron chi connectivity index (χ1n) is 8.62. The molecule has 0 saturated carbocycles. The second kappa shape index (κ2) is 8.60. The first-order chi connectivity index (χ1) is 13.0. The van der Waals surface area contributed by atoms with E-state index in [0.29, 0.717) is 22.7 Å². The number of aliphatic hydroxyl groups is 1. The number of carbonyl (C=O) groups is 1. The minimum atomic E-state index is -0.413. The molecule has 1 unspecified atom stereocenters. The number of halogens is 1. The Hall–Kier alpha value is -2.29. The van der Waals surface area contributed by atoms with Crippen molar-refractivity contribution in [2.45, 2.75) is 25.6 Å². The highest BCUT2D eigenvalue weighted by molar-refractivity contribution is 8.04. The zero-order valence-electron chi connectivity index (χ0n) is 15.1. The maximum atomic E-state index is 14.3. The van der Waals surface area contributed by atoms with E-state index < -0.39 is 5.91 Å². The predicted molar refractivity (Wildman–Crippen MR) is 104 cm³/mol. The molecule has 4 N–H and O–H groups in total. The summed E-state index contributed by atoms with van der Waals surface area (Å²) in [5.41, 5.74) is 5.74. The van der Waals surface area contributed by atoms with Gasteiger partial charge in [0.1, 0.15) is 11.2 Å². The number of aryl methyl sites for hydroxylation is 1. The van der Waals surface area contributed by atoms with Crippen LogP contribution in [0, 0.1) is 12.7 Å². The van der Waals surface area contributed by atoms with Crippen molar-refractivity contribution >= 4 is 23.4 Å². The summed E-state index contributed by atoms with van der Waals surface area (Å²) in [6.07, 6.45) is 4.14. The van der Waals surface area contributed by atoms with Crippen LogP contribution in [0.4, 0.5) is 10.1 Å². The SMILES string of the molecule is CC1=C2C(C(=O)NOCCCO)=C(Nc3ccc(C)cc3F)SC2NC=C1. The van der Waals surface area contributed by atoms with Crippen LogP contribution >= 0.6 is 11.8 Å². The third kappa shape index (κ3) is 4.35. The fourth-order valence-corrected chi connectivity index (χ4v) is 4.12. The van der Waals surface area contributed by atoms with Gasteiger partial charge < -0.3 is 15.7 Å². The van der Waals surface area contributed by atoms with Gasteiger partial charge in [-0.05, 0) is 55.8 Å². The number of carbonyl (C=O) groups excluding carboxylic acids is 1. The Labute approximate surface area is 161 Å². The van der Waals surface area contributed by atoms with Gasteiger partial charge in [-0.15, -0.1) is 0 Å². The highest BCUT2D eigenvalue weighted by Gasteiger charge is 2.36. The summed E-state index contributed by atoms with van der Waals surface area (Å²) >= 11 is 1.41. The van der Waals surface area contributed by atoms with Gasteiger partial charge in [-0.3, -0.25) is 9.63 Å². The summed E-state index contributed by atoms with van der Waals surface area (Å²) in [5.74, 6) is -0.793. The van der Waals surface area contributed by atoms with E-state index >= 15 is 0 Å². The van der Waals surface area contributed by atoms with Gasteiger partial charge >= 0.3 is 0 Å². The number of fused-ring (bicyclic) bond motifs is 1. The molecule has 0 bridgehead atoms. The number of hydrogen-bond acceptors (Lipinski definition) is 6. The minimum Gasteiger partial charge on any atom is -0.396 e. The van der Waals surface area contributed by atoms with E-state index in [1.54, 1.807) is 12.1 Å². The molecule has 144 valence electrons. The fourth-order valence-electron chi connectivity index (χ4n) is 2.83. The number of thioether (sulfide) groups is 1. The quantitative estimate of drug-likeness (QED) is 0.423. The molecule has 0 spiro atoms. The lowest BCUT2D eigenvalue weighted by Crippen LogP contribution is -2.31. The molecule has 2 aliphatic heterocycles. The predicted octanol–water partition coefficient (Wildman–Crippen LogP) is 2.69. The largest absolute Gasteiger partial charge is 0.396 e. The Kier molecular flexibility index (Phi) is 6.20. The molecule has 1 atom stereocenters. The zero-order valence-corrected chi connectivity index (χ0v) is 16.0. The number of dihydropyridines is 1. The van der Waals surface area contributed by atoms with Crippen LogP contribution in [0.5, 0.6) is 0 Å². The maximum Gasteiger partial charge on any atom is 0.277 e. The van der Waals surface area contributed by atoms with Crippen molar-refractivity contribution in [2.24, 2.45) is 0 Å². The first kappa shape index (κ1) is 19.5. The van der Waals surface area contributed by atoms with Crippen molar-refractivity contribution in [3.8, 4) is 0 Å². The topological polar surface area (TPSA) is 82.6 Å². The van der Waals surface area contributed by atoms with Gasteiger partial charge in [0.05, 0.1) is 22.9 Å². The molecule has 0 aliphatic carbocycles. The molecule has 0 aromatic heterocycles. The third-order valence-corrected chi connectivity index (χ3v) is 5.32. The summed E-state index contributed by atoms with van der Waals surface area (Å²) in [5, 5.41) is 15.5. The number of rotatable bonds is 7. The third-order valence-electron chi connectivity index (χ3n) is 4.17. The van der Waals surface area contributed by atoms with Crippen LogP contribution in [0.2, 0.25) is 0 Å². The lowest BCUT2D eigenvalue weighted by molar-refractivity contribution is -0.129. The van der Waals surface area contributed by atoms with Gasteiger partial charge in [-0.1, -0.05) is 17.8 Å². The van der Waals surface area contributed by atoms with Crippen LogP contribution in [0.15, 0.2) is 52.2 Å². The number of allylic oxidation sites excluding steroid dienone is 2. The van der Waals surface area contributed by atoms with E-state index in [-0.39, 0.29) is 24.4 Å². The van der Waals surface area contributed by atoms with E-state index in [1.165, 1.54) is 17.8 Å². The molecule has 0 saturated heterocycles. The van der Waals surface area contributed by atoms with Crippen LogP contribution in [0.1, 0.15) is 18.9 Å². The van der Waals surface area contributed by atoms with Crippen molar-refractivity contribution in [1.82, 2.24) is 10.8 Å². The van der Waals surface area contributed by atoms with Crippen LogP contribution in [0.25, 0.3) is 0 Å². The van der Waals surface area contributed by atoms with E-state index in [1.807, 2.05) is 26.1 Å². The van der Waals surface area contributed by atoms with Crippen LogP contribution in [-0.2, 0) is 9.63 Å². The van der Waals surface area contributed by atoms with Gasteiger partial charge in [0.2, 0.25) is 0 Å². The number of benzene rings is 1. The Balaban J connectivity index is 1.90. The molecule has 1 amide bonds. The molecule has 2 aliphatic rings. The number of nitrogens with one attached hydrogen (secondary N) is 3. The Morgan fingerprint density at radius 2 is 2.22 bits per heavy atom. The molecular weight excluding hydrogens is 369 g/mol. The van der Waals surface area contributed by atoms with E-state index in [9.17, 15) is 9.18 Å². The molecule has 3 rings (SSSR count). The van der Waals surface area contributed by atoms with Gasteiger partial charge in [0.15, 0.2) is 0 Å². The summed E-state index contributed by atoms with van der Waals surface area (Å²) in [7, 11) is 0. The van der Waals surface area contributed by atoms with E-state index in [0.717, 1.165) is 16.7 Å². The van der Waals surface area contributed by atoms with Gasteiger partial charge in [0.25, 0.3) is 5.91 Å².